The fraction of sp³-hybridized carbons (Fsp3) is 0.559. The van der Waals surface area contributed by atoms with Crippen LogP contribution < -0.4 is 9.47 Å². The van der Waals surface area contributed by atoms with Crippen molar-refractivity contribution in [1.29, 1.82) is 0 Å². The molecule has 0 aromatic carbocycles. The van der Waals surface area contributed by atoms with Gasteiger partial charge in [-0.2, -0.15) is 0 Å². The maximum absolute atomic E-state index is 12.8. The zero-order valence-electron chi connectivity index (χ0n) is 25.2. The lowest BCUT2D eigenvalue weighted by molar-refractivity contribution is -0.134. The van der Waals surface area contributed by atoms with Crippen LogP contribution in [0.3, 0.4) is 0 Å². The zero-order valence-corrected chi connectivity index (χ0v) is 25.2. The molecular formula is C34H40N4O3. The average molecular weight is 553 g/mol. The molecule has 4 aliphatic rings. The van der Waals surface area contributed by atoms with E-state index < -0.39 is 11.1 Å². The fourth-order valence-corrected chi connectivity index (χ4v) is 7.99. The van der Waals surface area contributed by atoms with Crippen LogP contribution in [0, 0.1) is 48.7 Å². The Morgan fingerprint density at radius 3 is 1.76 bits per heavy atom. The Kier molecular flexibility index (Phi) is 7.45. The number of Topliss-reactive ketones (excluding diaryl/α,β-unsaturated/α-hetero) is 1. The second-order valence-corrected chi connectivity index (χ2v) is 12.5. The first-order chi connectivity index (χ1) is 19.6. The van der Waals surface area contributed by atoms with E-state index in [9.17, 15) is 4.79 Å². The third-order valence-corrected chi connectivity index (χ3v) is 10.6. The monoisotopic (exact) mass is 552 g/mol. The van der Waals surface area contributed by atoms with E-state index in [1.54, 1.807) is 20.3 Å². The topological polar surface area (TPSA) is 70.0 Å². The molecule has 0 amide bonds. The Bertz CT molecular complexity index is 1490. The summed E-state index contributed by atoms with van der Waals surface area (Å²) < 4.78 is 10.4. The number of carbonyl (C=O) groups excluding carboxylic acids is 1. The Balaban J connectivity index is 0.000000165. The van der Waals surface area contributed by atoms with Gasteiger partial charge in [-0.15, -0.1) is 0 Å². The minimum Gasteiger partial charge on any atom is -0.481 e. The van der Waals surface area contributed by atoms with Crippen molar-refractivity contribution < 1.29 is 14.3 Å². The van der Waals surface area contributed by atoms with Gasteiger partial charge in [-0.1, -0.05) is 33.8 Å². The molecule has 2 fully saturated rings. The summed E-state index contributed by atoms with van der Waals surface area (Å²) in [7, 11) is 3.23. The third kappa shape index (κ3) is 4.24. The summed E-state index contributed by atoms with van der Waals surface area (Å²) in [4.78, 5) is 29.8. The molecule has 2 heterocycles. The van der Waals surface area contributed by atoms with Crippen LogP contribution >= 0.6 is 0 Å². The molecular weight excluding hydrogens is 512 g/mol. The summed E-state index contributed by atoms with van der Waals surface area (Å²) in [6.45, 7) is 26.5. The molecule has 2 aromatic rings. The number of rotatable bonds is 2. The van der Waals surface area contributed by atoms with Crippen molar-refractivity contribution in [3.8, 4) is 11.8 Å². The molecule has 6 rings (SSSR count). The van der Waals surface area contributed by atoms with Crippen LogP contribution in [0.2, 0.25) is 0 Å². The van der Waals surface area contributed by atoms with Gasteiger partial charge in [-0.25, -0.2) is 23.1 Å². The van der Waals surface area contributed by atoms with Gasteiger partial charge in [0.1, 0.15) is 0 Å². The van der Waals surface area contributed by atoms with Crippen molar-refractivity contribution in [3.05, 3.63) is 81.3 Å². The lowest BCUT2D eigenvalue weighted by Gasteiger charge is -2.46. The highest BCUT2D eigenvalue weighted by Crippen LogP contribution is 2.57. The highest BCUT2D eigenvalue weighted by molar-refractivity contribution is 5.96. The second-order valence-electron chi connectivity index (χ2n) is 12.5. The molecule has 2 saturated carbocycles. The van der Waals surface area contributed by atoms with E-state index in [-0.39, 0.29) is 11.7 Å². The number of carbonyl (C=O) groups is 1. The van der Waals surface area contributed by atoms with Gasteiger partial charge in [0.05, 0.1) is 36.7 Å². The number of methoxy groups -OCH3 is 2. The first-order valence-corrected chi connectivity index (χ1v) is 14.7. The largest absolute Gasteiger partial charge is 0.481 e. The first-order valence-electron chi connectivity index (χ1n) is 14.7. The van der Waals surface area contributed by atoms with Crippen LogP contribution in [-0.2, 0) is 28.7 Å². The van der Waals surface area contributed by atoms with Crippen molar-refractivity contribution in [2.75, 3.05) is 14.2 Å². The van der Waals surface area contributed by atoms with Crippen LogP contribution in [0.25, 0.3) is 9.69 Å². The molecule has 7 nitrogen and oxygen atoms in total. The predicted octanol–water partition coefficient (Wildman–Crippen LogP) is 6.62. The maximum atomic E-state index is 12.8. The predicted molar refractivity (Wildman–Crippen MR) is 157 cm³/mol. The van der Waals surface area contributed by atoms with Crippen molar-refractivity contribution >= 4 is 5.78 Å². The number of nitrogens with zero attached hydrogens (tertiary/aromatic N) is 4. The number of fused-ring (bicyclic) bond motifs is 8. The van der Waals surface area contributed by atoms with Gasteiger partial charge in [0.15, 0.2) is 0 Å². The molecule has 0 spiro atoms. The molecule has 0 N–H and O–H groups in total. The molecule has 0 radical (unpaired) electrons. The highest BCUT2D eigenvalue weighted by atomic mass is 16.5. The van der Waals surface area contributed by atoms with E-state index in [1.807, 2.05) is 12.1 Å². The Labute approximate surface area is 244 Å². The normalized spacial score (nSPS) is 35.5. The third-order valence-electron chi connectivity index (χ3n) is 10.6. The minimum atomic E-state index is -1.01. The van der Waals surface area contributed by atoms with Crippen LogP contribution in [-0.4, -0.2) is 30.0 Å². The van der Waals surface area contributed by atoms with Gasteiger partial charge in [-0.05, 0) is 55.1 Å². The molecule has 214 valence electrons. The summed E-state index contributed by atoms with van der Waals surface area (Å²) >= 11 is 0. The minimum absolute atomic E-state index is 0.0834. The highest BCUT2D eigenvalue weighted by Gasteiger charge is 2.61. The van der Waals surface area contributed by atoms with Gasteiger partial charge in [0, 0.05) is 42.9 Å². The van der Waals surface area contributed by atoms with Gasteiger partial charge in [0.25, 0.3) is 5.54 Å². The molecule has 0 saturated heterocycles. The van der Waals surface area contributed by atoms with Crippen LogP contribution in [0.15, 0.2) is 35.9 Å². The number of hydrogen-bond acceptors (Lipinski definition) is 5. The Morgan fingerprint density at radius 1 is 0.805 bits per heavy atom. The molecule has 4 unspecified atom stereocenters. The summed E-state index contributed by atoms with van der Waals surface area (Å²) in [5, 5.41) is 0. The van der Waals surface area contributed by atoms with Gasteiger partial charge < -0.3 is 14.3 Å². The fourth-order valence-electron chi connectivity index (χ4n) is 7.99. The van der Waals surface area contributed by atoms with E-state index in [1.165, 1.54) is 5.57 Å². The molecule has 8 atom stereocenters. The number of ether oxygens (including phenoxy) is 2. The Morgan fingerprint density at radius 2 is 1.27 bits per heavy atom. The van der Waals surface area contributed by atoms with Gasteiger partial charge in [0.2, 0.25) is 17.5 Å². The van der Waals surface area contributed by atoms with E-state index in [0.717, 1.165) is 35.4 Å². The van der Waals surface area contributed by atoms with E-state index in [0.29, 0.717) is 54.2 Å². The van der Waals surface area contributed by atoms with Crippen LogP contribution in [0.1, 0.15) is 70.0 Å². The SMILES string of the molecule is [C-]#[N+]C12CC(C)[C@@H](C)[C@H](Cc3nc(OC)ccc31)/C2=C\C.[C-]#[N+]C12CC(C)[C@@H](C)[C@H](Cc3nc(OC)ccc31)C2=O. The first kappa shape index (κ1) is 28.8. The van der Waals surface area contributed by atoms with Crippen LogP contribution in [0.5, 0.6) is 11.8 Å². The summed E-state index contributed by atoms with van der Waals surface area (Å²) in [6, 6.07) is 7.56. The van der Waals surface area contributed by atoms with Gasteiger partial charge in [-0.3, -0.25) is 9.64 Å². The van der Waals surface area contributed by atoms with E-state index >= 15 is 0 Å². The quantitative estimate of drug-likeness (QED) is 0.309. The molecule has 0 aliphatic heterocycles. The lowest BCUT2D eigenvalue weighted by Crippen LogP contribution is -2.52. The van der Waals surface area contributed by atoms with Crippen molar-refractivity contribution in [2.24, 2.45) is 35.5 Å². The van der Waals surface area contributed by atoms with Crippen LogP contribution in [0.4, 0.5) is 0 Å². The summed E-state index contributed by atoms with van der Waals surface area (Å²) in [6.07, 6.45) is 5.24. The zero-order chi connectivity index (χ0) is 29.7. The average Bonchev–Trinajstić information content (AvgIpc) is 2.99. The molecule has 4 aliphatic carbocycles. The smallest absolute Gasteiger partial charge is 0.316 e. The Hall–Kier alpha value is -3.71. The number of pyridine rings is 2. The van der Waals surface area contributed by atoms with E-state index in [4.69, 9.17) is 22.6 Å². The molecule has 2 aromatic heterocycles. The van der Waals surface area contributed by atoms with Crippen molar-refractivity contribution in [3.63, 3.8) is 0 Å². The molecule has 7 heteroatoms. The van der Waals surface area contributed by atoms with Crippen molar-refractivity contribution in [2.45, 2.75) is 71.4 Å². The standard InChI is InChI=1S/C18H22N2O.C16H18N2O2/c1-6-14-13-9-16-15(7-8-17(20-16)21-5)18(14,19-4)10-11(2)12(13)3;1-9-8-16(17-3)12-5-6-14(20-4)18-13(12)7-11(10(9)2)15(16)19/h6-8,11-13H,9-10H2,1-3,5H3;5-6,9-11H,7-8H2,1-2,4H3/b14-6+;/t11?,12-,13+,18?;9?,10-,11+,16?/m11/s1. The molecule has 4 bridgehead atoms. The number of aromatic nitrogens is 2. The number of allylic oxidation sites excluding steroid dienone is 1. The number of hydrogen-bond donors (Lipinski definition) is 0. The van der Waals surface area contributed by atoms with Gasteiger partial charge >= 0.3 is 5.54 Å². The molecule has 41 heavy (non-hydrogen) atoms. The van der Waals surface area contributed by atoms with E-state index in [2.05, 4.69) is 66.4 Å². The summed E-state index contributed by atoms with van der Waals surface area (Å²) in [5.41, 5.74) is 3.61. The number of ketones is 1. The van der Waals surface area contributed by atoms with Crippen molar-refractivity contribution in [1.82, 2.24) is 9.97 Å². The summed E-state index contributed by atoms with van der Waals surface area (Å²) in [5.74, 6) is 3.47. The maximum Gasteiger partial charge on any atom is 0.316 e. The second kappa shape index (κ2) is 10.6. The lowest BCUT2D eigenvalue weighted by atomic mass is 9.56.